The lowest BCUT2D eigenvalue weighted by molar-refractivity contribution is -0.752. The van der Waals surface area contributed by atoms with Crippen LogP contribution >= 0.6 is 0 Å². The smallest absolute Gasteiger partial charge is 0.426 e. The highest BCUT2D eigenvalue weighted by Crippen LogP contribution is 2.25. The number of ether oxygens (including phenoxy) is 1. The number of carbonyl (C=O) groups is 1. The summed E-state index contributed by atoms with van der Waals surface area (Å²) in [5, 5.41) is 2.32. The second-order valence-electron chi connectivity index (χ2n) is 4.96. The molecule has 2 aromatic carbocycles. The van der Waals surface area contributed by atoms with E-state index in [2.05, 4.69) is 9.79 Å². The number of aromatic nitrogens is 2. The molecule has 0 radical (unpaired) electrons. The Labute approximate surface area is 131 Å². The topological polar surface area (TPSA) is 76.2 Å². The van der Waals surface area contributed by atoms with Crippen LogP contribution in [0.4, 0.5) is 0 Å². The maximum atomic E-state index is 12.2. The van der Waals surface area contributed by atoms with Crippen LogP contribution in [0.3, 0.4) is 0 Å². The highest BCUT2D eigenvalue weighted by molar-refractivity contribution is 5.68. The molecule has 3 aromatic rings. The third kappa shape index (κ3) is 3.74. The van der Waals surface area contributed by atoms with Gasteiger partial charge in [0.2, 0.25) is 0 Å². The van der Waals surface area contributed by atoms with Crippen LogP contribution in [0, 0.1) is 0 Å². The zero-order valence-electron chi connectivity index (χ0n) is 12.2. The quantitative estimate of drug-likeness (QED) is 0.573. The summed E-state index contributed by atoms with van der Waals surface area (Å²) in [6.45, 7) is -0.137. The van der Waals surface area contributed by atoms with Crippen molar-refractivity contribution in [3.05, 3.63) is 88.4 Å². The fraction of sp³-hybridized carbons (Fsp3) is 0.118. The standard InChI is InChI=1S/C17H14N2O4/c20-15(11-19-12-16(21)23-18-19)22-17(13-7-3-1-4-8-13)14-9-5-2-6-10-14/h1-10,12,17H,11H2/p+1. The number of hydrogen-bond donors (Lipinski definition) is 1. The van der Waals surface area contributed by atoms with Gasteiger partial charge in [-0.2, -0.15) is 0 Å². The second-order valence-corrected chi connectivity index (χ2v) is 4.96. The number of nitrogens with one attached hydrogen (secondary N) is 1. The largest absolute Gasteiger partial charge is 0.448 e. The molecule has 0 bridgehead atoms. The van der Waals surface area contributed by atoms with Gasteiger partial charge in [-0.1, -0.05) is 65.3 Å². The first-order chi connectivity index (χ1) is 11.2. The van der Waals surface area contributed by atoms with Crippen LogP contribution in [-0.4, -0.2) is 11.2 Å². The first-order valence-electron chi connectivity index (χ1n) is 7.10. The van der Waals surface area contributed by atoms with Gasteiger partial charge >= 0.3 is 11.6 Å². The van der Waals surface area contributed by atoms with Crippen LogP contribution < -0.4 is 10.3 Å². The number of H-pyrrole nitrogens is 1. The summed E-state index contributed by atoms with van der Waals surface area (Å²) >= 11 is 0. The lowest BCUT2D eigenvalue weighted by Crippen LogP contribution is -2.40. The van der Waals surface area contributed by atoms with Crippen LogP contribution in [0.1, 0.15) is 17.2 Å². The molecule has 23 heavy (non-hydrogen) atoms. The molecule has 1 heterocycles. The van der Waals surface area contributed by atoms with Crippen molar-refractivity contribution in [1.29, 1.82) is 0 Å². The van der Waals surface area contributed by atoms with Crippen molar-refractivity contribution in [2.45, 2.75) is 12.6 Å². The van der Waals surface area contributed by atoms with E-state index in [-0.39, 0.29) is 6.54 Å². The summed E-state index contributed by atoms with van der Waals surface area (Å²) < 4.78 is 11.4. The minimum absolute atomic E-state index is 0.137. The molecule has 0 aliphatic rings. The Balaban J connectivity index is 1.81. The summed E-state index contributed by atoms with van der Waals surface area (Å²) in [5.41, 5.74) is 1.19. The van der Waals surface area contributed by atoms with Crippen molar-refractivity contribution >= 4 is 5.97 Å². The van der Waals surface area contributed by atoms with Crippen LogP contribution in [0.5, 0.6) is 0 Å². The third-order valence-corrected chi connectivity index (χ3v) is 3.28. The van der Waals surface area contributed by atoms with E-state index in [9.17, 15) is 9.59 Å². The van der Waals surface area contributed by atoms with Gasteiger partial charge in [0.15, 0.2) is 6.10 Å². The molecule has 1 aromatic heterocycles. The zero-order valence-corrected chi connectivity index (χ0v) is 12.2. The summed E-state index contributed by atoms with van der Waals surface area (Å²) in [6.07, 6.45) is 0.644. The van der Waals surface area contributed by atoms with Crippen LogP contribution in [0.25, 0.3) is 0 Å². The van der Waals surface area contributed by atoms with Gasteiger partial charge in [0, 0.05) is 0 Å². The van der Waals surface area contributed by atoms with E-state index in [0.717, 1.165) is 17.3 Å². The van der Waals surface area contributed by atoms with Gasteiger partial charge in [-0.05, 0) is 16.4 Å². The van der Waals surface area contributed by atoms with E-state index in [1.165, 1.54) is 4.68 Å². The Hall–Kier alpha value is -3.15. The van der Waals surface area contributed by atoms with Gasteiger partial charge in [0.1, 0.15) is 0 Å². The van der Waals surface area contributed by atoms with Crippen molar-refractivity contribution < 1.29 is 18.7 Å². The van der Waals surface area contributed by atoms with E-state index < -0.39 is 17.7 Å². The average Bonchev–Trinajstić information content (AvgIpc) is 2.99. The molecule has 0 saturated carbocycles. The molecule has 0 aliphatic heterocycles. The molecule has 0 aliphatic carbocycles. The second kappa shape index (κ2) is 6.74. The molecule has 6 heteroatoms. The van der Waals surface area contributed by atoms with Gasteiger partial charge in [-0.25, -0.2) is 9.59 Å². The summed E-state index contributed by atoms with van der Waals surface area (Å²) in [6, 6.07) is 19.0. The Kier molecular flexibility index (Phi) is 4.33. The molecule has 0 spiro atoms. The molecule has 0 fully saturated rings. The third-order valence-electron chi connectivity index (χ3n) is 3.28. The summed E-state index contributed by atoms with van der Waals surface area (Å²) in [5.74, 6) is -0.482. The molecular weight excluding hydrogens is 296 g/mol. The van der Waals surface area contributed by atoms with Crippen LogP contribution in [0.15, 0.2) is 76.2 Å². The minimum Gasteiger partial charge on any atom is -0.448 e. The van der Waals surface area contributed by atoms with Crippen molar-refractivity contribution in [3.63, 3.8) is 0 Å². The Morgan fingerprint density at radius 2 is 1.61 bits per heavy atom. The van der Waals surface area contributed by atoms with E-state index in [0.29, 0.717) is 0 Å². The molecule has 0 amide bonds. The van der Waals surface area contributed by atoms with E-state index in [1.54, 1.807) is 0 Å². The van der Waals surface area contributed by atoms with Crippen LogP contribution in [-0.2, 0) is 16.1 Å². The monoisotopic (exact) mass is 311 g/mol. The van der Waals surface area contributed by atoms with E-state index in [1.807, 2.05) is 60.7 Å². The van der Waals surface area contributed by atoms with Crippen molar-refractivity contribution in [3.8, 4) is 0 Å². The first kappa shape index (κ1) is 14.8. The first-order valence-corrected chi connectivity index (χ1v) is 7.10. The lowest BCUT2D eigenvalue weighted by Gasteiger charge is -2.17. The number of rotatable bonds is 5. The highest BCUT2D eigenvalue weighted by atomic mass is 16.5. The van der Waals surface area contributed by atoms with Crippen LogP contribution in [0.2, 0.25) is 0 Å². The normalized spacial score (nSPS) is 10.7. The van der Waals surface area contributed by atoms with Gasteiger partial charge in [0.05, 0.1) is 0 Å². The number of esters is 1. The Bertz CT molecular complexity index is 785. The maximum Gasteiger partial charge on any atom is 0.426 e. The molecule has 0 saturated heterocycles. The molecule has 3 rings (SSSR count). The average molecular weight is 311 g/mol. The fourth-order valence-corrected chi connectivity index (χ4v) is 2.25. The van der Waals surface area contributed by atoms with E-state index in [4.69, 9.17) is 4.74 Å². The van der Waals surface area contributed by atoms with Crippen molar-refractivity contribution in [1.82, 2.24) is 5.27 Å². The van der Waals surface area contributed by atoms with Gasteiger partial charge in [0.25, 0.3) is 12.7 Å². The van der Waals surface area contributed by atoms with Crippen molar-refractivity contribution in [2.24, 2.45) is 0 Å². The van der Waals surface area contributed by atoms with Gasteiger partial charge in [-0.15, -0.1) is 0 Å². The van der Waals surface area contributed by atoms with E-state index >= 15 is 0 Å². The number of aromatic amines is 1. The molecule has 6 nitrogen and oxygen atoms in total. The highest BCUT2D eigenvalue weighted by Gasteiger charge is 2.22. The summed E-state index contributed by atoms with van der Waals surface area (Å²) in [4.78, 5) is 23.1. The predicted molar refractivity (Wildman–Crippen MR) is 80.3 cm³/mol. The van der Waals surface area contributed by atoms with Gasteiger partial charge in [-0.3, -0.25) is 4.52 Å². The number of benzene rings is 2. The van der Waals surface area contributed by atoms with Crippen molar-refractivity contribution in [2.75, 3.05) is 0 Å². The maximum absolute atomic E-state index is 12.2. The molecule has 1 N–H and O–H groups in total. The summed E-state index contributed by atoms with van der Waals surface area (Å²) in [7, 11) is 0. The molecule has 116 valence electrons. The lowest BCUT2D eigenvalue weighted by atomic mass is 10.0. The minimum atomic E-state index is -0.555. The fourth-order valence-electron chi connectivity index (χ4n) is 2.25. The number of hydrogen-bond acceptors (Lipinski definition) is 4. The number of carbonyl (C=O) groups excluding carboxylic acids is 1. The molecule has 0 atom stereocenters. The predicted octanol–water partition coefficient (Wildman–Crippen LogP) is 1.59. The molecule has 0 unspecified atom stereocenters. The number of nitrogens with zero attached hydrogens (tertiary/aromatic N) is 1. The Morgan fingerprint density at radius 1 is 1.04 bits per heavy atom. The van der Waals surface area contributed by atoms with Gasteiger partial charge < -0.3 is 4.74 Å². The zero-order chi connectivity index (χ0) is 16.1. The molecular formula is C17H15N2O4+. The SMILES string of the molecule is O=C(C[n+]1cc(=O)o[nH]1)OC(c1ccccc1)c1ccccc1. The Morgan fingerprint density at radius 3 is 2.09 bits per heavy atom.